The Bertz CT molecular complexity index is 1760. The average Bonchev–Trinajstić information content (AvgIpc) is 3.72. The number of benzene rings is 3. The number of methoxy groups -OCH3 is 1. The van der Waals surface area contributed by atoms with Crippen LogP contribution >= 0.6 is 22.9 Å². The van der Waals surface area contributed by atoms with Gasteiger partial charge in [0.25, 0.3) is 5.91 Å². The number of amides is 1. The number of hydrogen-bond acceptors (Lipinski definition) is 5. The van der Waals surface area contributed by atoms with Gasteiger partial charge < -0.3 is 15.0 Å². The number of halogens is 1. The molecular formula is C30H24ClN5O2S. The summed E-state index contributed by atoms with van der Waals surface area (Å²) in [5, 5.41) is 12.1. The van der Waals surface area contributed by atoms with Crippen molar-refractivity contribution < 1.29 is 9.53 Å². The second-order valence-electron chi connectivity index (χ2n) is 8.95. The van der Waals surface area contributed by atoms with Gasteiger partial charge in [0.15, 0.2) is 5.69 Å². The van der Waals surface area contributed by atoms with E-state index in [1.165, 1.54) is 11.3 Å². The average molecular weight is 554 g/mol. The van der Waals surface area contributed by atoms with Crippen molar-refractivity contribution in [1.82, 2.24) is 25.1 Å². The first-order chi connectivity index (χ1) is 19.1. The Morgan fingerprint density at radius 1 is 1.05 bits per heavy atom. The van der Waals surface area contributed by atoms with Gasteiger partial charge in [-0.15, -0.1) is 11.3 Å². The highest BCUT2D eigenvalue weighted by molar-refractivity contribution is 7.12. The molecule has 0 aliphatic carbocycles. The highest BCUT2D eigenvalue weighted by Gasteiger charge is 2.19. The topological polar surface area (TPSA) is 84.8 Å². The molecule has 0 radical (unpaired) electrons. The first kappa shape index (κ1) is 24.9. The van der Waals surface area contributed by atoms with Crippen LogP contribution in [-0.4, -0.2) is 39.3 Å². The summed E-state index contributed by atoms with van der Waals surface area (Å²) in [4.78, 5) is 21.3. The minimum Gasteiger partial charge on any atom is -0.497 e. The summed E-state index contributed by atoms with van der Waals surface area (Å²) in [6.07, 6.45) is 2.64. The molecule has 0 unspecified atom stereocenters. The minimum atomic E-state index is -0.238. The van der Waals surface area contributed by atoms with Crippen LogP contribution < -0.4 is 10.1 Å². The maximum Gasteiger partial charge on any atom is 0.271 e. The van der Waals surface area contributed by atoms with Crippen LogP contribution in [0.3, 0.4) is 0 Å². The smallest absolute Gasteiger partial charge is 0.271 e. The third-order valence-electron chi connectivity index (χ3n) is 6.48. The third-order valence-corrected chi connectivity index (χ3v) is 7.55. The normalized spacial score (nSPS) is 11.1. The first-order valence-corrected chi connectivity index (χ1v) is 13.6. The molecule has 39 heavy (non-hydrogen) atoms. The third kappa shape index (κ3) is 5.16. The van der Waals surface area contributed by atoms with Gasteiger partial charge in [-0.1, -0.05) is 54.1 Å². The maximum atomic E-state index is 13.2. The Kier molecular flexibility index (Phi) is 6.87. The van der Waals surface area contributed by atoms with E-state index in [9.17, 15) is 4.79 Å². The minimum absolute atomic E-state index is 0.238. The van der Waals surface area contributed by atoms with Gasteiger partial charge in [-0.2, -0.15) is 5.10 Å². The SMILES string of the molecule is COc1ccc2[nH]cc(CCNC(=O)c3cc(-c4ccccc4)n(-c4nc(-c5ccc(Cl)cc5)cs4)n3)c2c1. The zero-order valence-corrected chi connectivity index (χ0v) is 22.6. The second kappa shape index (κ2) is 10.8. The molecule has 0 aliphatic heterocycles. The zero-order chi connectivity index (χ0) is 26.8. The van der Waals surface area contributed by atoms with Gasteiger partial charge >= 0.3 is 0 Å². The van der Waals surface area contributed by atoms with Crippen LogP contribution in [0.2, 0.25) is 5.02 Å². The molecule has 0 atom stereocenters. The highest BCUT2D eigenvalue weighted by Crippen LogP contribution is 2.29. The number of ether oxygens (including phenoxy) is 1. The standard InChI is InChI=1S/C30H24ClN5O2S/c1-38-23-11-12-25-24(15-23)21(17-33-25)13-14-32-29(37)26-16-28(20-5-3-2-4-6-20)36(35-26)30-34-27(18-39-30)19-7-9-22(31)10-8-19/h2-12,15-18,33H,13-14H2,1H3,(H,32,37). The summed E-state index contributed by atoms with van der Waals surface area (Å²) in [6.45, 7) is 0.467. The molecule has 0 saturated heterocycles. The monoisotopic (exact) mass is 553 g/mol. The summed E-state index contributed by atoms with van der Waals surface area (Å²) in [6, 6.07) is 25.2. The second-order valence-corrected chi connectivity index (χ2v) is 10.2. The van der Waals surface area contributed by atoms with Crippen LogP contribution in [0.5, 0.6) is 5.75 Å². The fraction of sp³-hybridized carbons (Fsp3) is 0.100. The quantitative estimate of drug-likeness (QED) is 0.217. The molecule has 7 nitrogen and oxygen atoms in total. The van der Waals surface area contributed by atoms with Gasteiger partial charge in [-0.25, -0.2) is 9.67 Å². The number of carbonyl (C=O) groups excluding carboxylic acids is 1. The molecule has 194 valence electrons. The Balaban J connectivity index is 1.24. The number of carbonyl (C=O) groups is 1. The van der Waals surface area contributed by atoms with Crippen LogP contribution in [-0.2, 0) is 6.42 Å². The number of nitrogens with zero attached hydrogens (tertiary/aromatic N) is 3. The number of rotatable bonds is 8. The lowest BCUT2D eigenvalue weighted by atomic mass is 10.1. The Hall–Kier alpha value is -4.40. The molecular weight excluding hydrogens is 530 g/mol. The van der Waals surface area contributed by atoms with Crippen molar-refractivity contribution in [2.24, 2.45) is 0 Å². The van der Waals surface area contributed by atoms with Crippen LogP contribution in [0.25, 0.3) is 38.5 Å². The van der Waals surface area contributed by atoms with E-state index in [1.54, 1.807) is 11.8 Å². The van der Waals surface area contributed by atoms with Crippen LogP contribution in [0.15, 0.2) is 90.4 Å². The Morgan fingerprint density at radius 3 is 2.67 bits per heavy atom. The van der Waals surface area contributed by atoms with Crippen molar-refractivity contribution in [2.75, 3.05) is 13.7 Å². The summed E-state index contributed by atoms with van der Waals surface area (Å²) < 4.78 is 7.10. The largest absolute Gasteiger partial charge is 0.497 e. The van der Waals surface area contributed by atoms with E-state index in [0.29, 0.717) is 28.8 Å². The Morgan fingerprint density at radius 2 is 1.87 bits per heavy atom. The molecule has 0 bridgehead atoms. The van der Waals surface area contributed by atoms with E-state index in [4.69, 9.17) is 21.3 Å². The van der Waals surface area contributed by atoms with Crippen molar-refractivity contribution >= 4 is 39.7 Å². The van der Waals surface area contributed by atoms with Crippen LogP contribution in [0, 0.1) is 0 Å². The van der Waals surface area contributed by atoms with Crippen molar-refractivity contribution in [3.05, 3.63) is 107 Å². The predicted octanol–water partition coefficient (Wildman–Crippen LogP) is 6.78. The molecule has 0 aliphatic rings. The lowest BCUT2D eigenvalue weighted by molar-refractivity contribution is 0.0948. The molecule has 6 aromatic rings. The molecule has 2 N–H and O–H groups in total. The van der Waals surface area contributed by atoms with E-state index >= 15 is 0 Å². The lowest BCUT2D eigenvalue weighted by Gasteiger charge is -2.04. The number of H-pyrrole nitrogens is 1. The Labute approximate surface area is 234 Å². The summed E-state index contributed by atoms with van der Waals surface area (Å²) in [5.41, 5.74) is 5.99. The lowest BCUT2D eigenvalue weighted by Crippen LogP contribution is -2.26. The van der Waals surface area contributed by atoms with Gasteiger partial charge in [-0.3, -0.25) is 4.79 Å². The summed E-state index contributed by atoms with van der Waals surface area (Å²) in [5.74, 6) is 0.561. The fourth-order valence-corrected chi connectivity index (χ4v) is 5.38. The molecule has 0 saturated carbocycles. The fourth-order valence-electron chi connectivity index (χ4n) is 4.46. The van der Waals surface area contributed by atoms with Gasteiger partial charge in [0.1, 0.15) is 5.75 Å². The summed E-state index contributed by atoms with van der Waals surface area (Å²) in [7, 11) is 1.65. The van der Waals surface area contributed by atoms with Gasteiger partial charge in [0.05, 0.1) is 18.5 Å². The van der Waals surface area contributed by atoms with Crippen LogP contribution in [0.1, 0.15) is 16.1 Å². The highest BCUT2D eigenvalue weighted by atomic mass is 35.5. The number of nitrogens with one attached hydrogen (secondary N) is 2. The molecule has 0 fully saturated rings. The number of hydrogen-bond donors (Lipinski definition) is 2. The van der Waals surface area contributed by atoms with Crippen molar-refractivity contribution in [2.45, 2.75) is 6.42 Å². The van der Waals surface area contributed by atoms with E-state index in [-0.39, 0.29) is 5.91 Å². The van der Waals surface area contributed by atoms with E-state index in [0.717, 1.165) is 44.7 Å². The van der Waals surface area contributed by atoms with Crippen molar-refractivity contribution in [3.8, 4) is 33.4 Å². The number of aromatic nitrogens is 4. The van der Waals surface area contributed by atoms with Gasteiger partial charge in [0.2, 0.25) is 5.13 Å². The number of thiazole rings is 1. The maximum absolute atomic E-state index is 13.2. The molecule has 3 aromatic carbocycles. The molecule has 1 amide bonds. The number of fused-ring (bicyclic) bond motifs is 1. The molecule has 6 rings (SSSR count). The van der Waals surface area contributed by atoms with Gasteiger partial charge in [-0.05, 0) is 48.4 Å². The van der Waals surface area contributed by atoms with E-state index in [1.807, 2.05) is 90.4 Å². The van der Waals surface area contributed by atoms with Crippen molar-refractivity contribution in [1.29, 1.82) is 0 Å². The molecule has 3 heterocycles. The van der Waals surface area contributed by atoms with Crippen LogP contribution in [0.4, 0.5) is 0 Å². The van der Waals surface area contributed by atoms with E-state index < -0.39 is 0 Å². The van der Waals surface area contributed by atoms with Crippen molar-refractivity contribution in [3.63, 3.8) is 0 Å². The van der Waals surface area contributed by atoms with Gasteiger partial charge in [0, 0.05) is 45.2 Å². The summed E-state index contributed by atoms with van der Waals surface area (Å²) >= 11 is 7.51. The zero-order valence-electron chi connectivity index (χ0n) is 21.0. The number of aromatic amines is 1. The molecule has 3 aromatic heterocycles. The molecule has 9 heteroatoms. The molecule has 0 spiro atoms. The van der Waals surface area contributed by atoms with E-state index in [2.05, 4.69) is 15.4 Å². The first-order valence-electron chi connectivity index (χ1n) is 12.4. The predicted molar refractivity (Wildman–Crippen MR) is 156 cm³/mol.